The van der Waals surface area contributed by atoms with E-state index >= 15 is 0 Å². The van der Waals surface area contributed by atoms with Crippen molar-refractivity contribution in [1.29, 1.82) is 0 Å². The molecule has 3 nitrogen and oxygen atoms in total. The first-order chi connectivity index (χ1) is 9.42. The number of nitrogens with one attached hydrogen (secondary N) is 1. The number of hydrogen-bond donors (Lipinski definition) is 1. The van der Waals surface area contributed by atoms with E-state index in [4.69, 9.17) is 4.74 Å². The van der Waals surface area contributed by atoms with E-state index in [2.05, 4.69) is 31.0 Å². The van der Waals surface area contributed by atoms with Crippen LogP contribution in [0.4, 0.5) is 10.1 Å². The Hall–Kier alpha value is -1.13. The molecule has 0 spiro atoms. The molecule has 1 aliphatic heterocycles. The van der Waals surface area contributed by atoms with Crippen LogP contribution < -0.4 is 10.2 Å². The number of morpholine rings is 1. The highest BCUT2D eigenvalue weighted by atomic mass is 19.1. The summed E-state index contributed by atoms with van der Waals surface area (Å²) in [6.45, 7) is 9.74. The van der Waals surface area contributed by atoms with Crippen LogP contribution in [-0.4, -0.2) is 32.3 Å². The summed E-state index contributed by atoms with van der Waals surface area (Å²) in [5.41, 5.74) is 2.82. The molecule has 2 rings (SSSR count). The number of rotatable bonds is 3. The zero-order chi connectivity index (χ0) is 14.9. The number of benzene rings is 1. The van der Waals surface area contributed by atoms with Gasteiger partial charge in [0.2, 0.25) is 0 Å². The molecule has 1 saturated heterocycles. The van der Waals surface area contributed by atoms with Crippen molar-refractivity contribution in [3.8, 4) is 0 Å². The highest BCUT2D eigenvalue weighted by Crippen LogP contribution is 2.31. The average molecular weight is 280 g/mol. The number of ether oxygens (including phenoxy) is 1. The van der Waals surface area contributed by atoms with Crippen LogP contribution in [0.3, 0.4) is 0 Å². The van der Waals surface area contributed by atoms with E-state index in [1.807, 2.05) is 20.0 Å². The standard InChI is InChI=1S/C16H25FN2O/c1-10-6-16(14(7-15(10)17)13(4)18-5)19-8-11(2)20-12(3)9-19/h6-7,11-13,18H,8-9H2,1-5H3/t11-,12+,13?. The van der Waals surface area contributed by atoms with Gasteiger partial charge in [-0.15, -0.1) is 0 Å². The van der Waals surface area contributed by atoms with E-state index in [0.717, 1.165) is 24.3 Å². The summed E-state index contributed by atoms with van der Waals surface area (Å²) in [5.74, 6) is -0.139. The molecule has 0 amide bonds. The molecule has 1 aliphatic rings. The minimum absolute atomic E-state index is 0.119. The van der Waals surface area contributed by atoms with Gasteiger partial charge in [-0.3, -0.25) is 0 Å². The molecule has 112 valence electrons. The lowest BCUT2D eigenvalue weighted by atomic mass is 10.0. The molecule has 1 aromatic carbocycles. The molecule has 1 fully saturated rings. The Morgan fingerprint density at radius 1 is 1.30 bits per heavy atom. The molecule has 0 radical (unpaired) electrons. The predicted octanol–water partition coefficient (Wildman–Crippen LogP) is 3.03. The maximum absolute atomic E-state index is 13.9. The molecule has 1 heterocycles. The molecule has 1 aromatic rings. The minimum Gasteiger partial charge on any atom is -0.372 e. The summed E-state index contributed by atoms with van der Waals surface area (Å²) in [7, 11) is 1.90. The van der Waals surface area contributed by atoms with Crippen LogP contribution in [0.25, 0.3) is 0 Å². The summed E-state index contributed by atoms with van der Waals surface area (Å²) in [6.07, 6.45) is 0.392. The lowest BCUT2D eigenvalue weighted by Crippen LogP contribution is -2.46. The van der Waals surface area contributed by atoms with Crippen molar-refractivity contribution in [1.82, 2.24) is 5.32 Å². The van der Waals surface area contributed by atoms with Crippen LogP contribution in [-0.2, 0) is 4.74 Å². The molecular formula is C16H25FN2O. The van der Waals surface area contributed by atoms with Crippen LogP contribution in [0.5, 0.6) is 0 Å². The molecule has 3 atom stereocenters. The van der Waals surface area contributed by atoms with Gasteiger partial charge in [-0.05, 0) is 58.0 Å². The largest absolute Gasteiger partial charge is 0.372 e. The van der Waals surface area contributed by atoms with Crippen molar-refractivity contribution in [3.05, 3.63) is 29.1 Å². The molecule has 20 heavy (non-hydrogen) atoms. The van der Waals surface area contributed by atoms with Crippen molar-refractivity contribution >= 4 is 5.69 Å². The topological polar surface area (TPSA) is 24.5 Å². The van der Waals surface area contributed by atoms with Crippen molar-refractivity contribution in [2.24, 2.45) is 0 Å². The quantitative estimate of drug-likeness (QED) is 0.921. The average Bonchev–Trinajstić information content (AvgIpc) is 2.39. The smallest absolute Gasteiger partial charge is 0.126 e. The molecule has 4 heteroatoms. The Morgan fingerprint density at radius 3 is 2.45 bits per heavy atom. The van der Waals surface area contributed by atoms with Gasteiger partial charge in [0.15, 0.2) is 0 Å². The lowest BCUT2D eigenvalue weighted by molar-refractivity contribution is -0.00528. The van der Waals surface area contributed by atoms with Gasteiger partial charge in [0.05, 0.1) is 12.2 Å². The molecule has 1 unspecified atom stereocenters. The minimum atomic E-state index is -0.139. The van der Waals surface area contributed by atoms with Crippen molar-refractivity contribution in [2.45, 2.75) is 45.9 Å². The molecule has 0 bridgehead atoms. The predicted molar refractivity (Wildman–Crippen MR) is 80.8 cm³/mol. The maximum Gasteiger partial charge on any atom is 0.126 e. The summed E-state index contributed by atoms with van der Waals surface area (Å²) in [5, 5.41) is 3.21. The molecule has 1 N–H and O–H groups in total. The van der Waals surface area contributed by atoms with Gasteiger partial charge >= 0.3 is 0 Å². The van der Waals surface area contributed by atoms with Gasteiger partial charge in [0.1, 0.15) is 5.82 Å². The summed E-state index contributed by atoms with van der Waals surface area (Å²) < 4.78 is 19.7. The monoisotopic (exact) mass is 280 g/mol. The lowest BCUT2D eigenvalue weighted by Gasteiger charge is -2.38. The third-order valence-electron chi connectivity index (χ3n) is 3.97. The summed E-state index contributed by atoms with van der Waals surface area (Å²) in [4.78, 5) is 2.31. The van der Waals surface area contributed by atoms with E-state index in [9.17, 15) is 4.39 Å². The van der Waals surface area contributed by atoms with E-state index in [1.54, 1.807) is 6.07 Å². The highest BCUT2D eigenvalue weighted by molar-refractivity contribution is 5.57. The third-order valence-corrected chi connectivity index (χ3v) is 3.97. The summed E-state index contributed by atoms with van der Waals surface area (Å²) in [6, 6.07) is 3.74. The fourth-order valence-electron chi connectivity index (χ4n) is 2.83. The van der Waals surface area contributed by atoms with Crippen molar-refractivity contribution in [3.63, 3.8) is 0 Å². The van der Waals surface area contributed by atoms with Crippen LogP contribution in [0.2, 0.25) is 0 Å². The molecular weight excluding hydrogens is 255 g/mol. The number of hydrogen-bond acceptors (Lipinski definition) is 3. The van der Waals surface area contributed by atoms with E-state index < -0.39 is 0 Å². The Labute approximate surface area is 121 Å². The van der Waals surface area contributed by atoms with Gasteiger partial charge in [0.25, 0.3) is 0 Å². The van der Waals surface area contributed by atoms with Crippen molar-refractivity contribution < 1.29 is 9.13 Å². The van der Waals surface area contributed by atoms with Gasteiger partial charge in [0, 0.05) is 24.8 Å². The van der Waals surface area contributed by atoms with Gasteiger partial charge in [-0.1, -0.05) is 0 Å². The number of nitrogens with zero attached hydrogens (tertiary/aromatic N) is 1. The number of halogens is 1. The van der Waals surface area contributed by atoms with Gasteiger partial charge in [-0.25, -0.2) is 4.39 Å². The first-order valence-electron chi connectivity index (χ1n) is 7.30. The Bertz CT molecular complexity index is 468. The van der Waals surface area contributed by atoms with E-state index in [1.165, 1.54) is 0 Å². The Balaban J connectivity index is 2.40. The van der Waals surface area contributed by atoms with E-state index in [0.29, 0.717) is 5.56 Å². The fraction of sp³-hybridized carbons (Fsp3) is 0.625. The fourth-order valence-corrected chi connectivity index (χ4v) is 2.83. The van der Waals surface area contributed by atoms with Crippen LogP contribution in [0.1, 0.15) is 37.9 Å². The first kappa shape index (κ1) is 15.3. The second-order valence-electron chi connectivity index (χ2n) is 5.83. The van der Waals surface area contributed by atoms with Gasteiger partial charge in [-0.2, -0.15) is 0 Å². The maximum atomic E-state index is 13.9. The first-order valence-corrected chi connectivity index (χ1v) is 7.30. The van der Waals surface area contributed by atoms with Crippen LogP contribution >= 0.6 is 0 Å². The Kier molecular flexibility index (Phi) is 4.66. The molecule has 0 saturated carbocycles. The second kappa shape index (κ2) is 6.10. The Morgan fingerprint density at radius 2 is 1.90 bits per heavy atom. The molecule has 0 aromatic heterocycles. The second-order valence-corrected chi connectivity index (χ2v) is 5.83. The zero-order valence-electron chi connectivity index (χ0n) is 13.0. The van der Waals surface area contributed by atoms with E-state index in [-0.39, 0.29) is 24.1 Å². The van der Waals surface area contributed by atoms with Gasteiger partial charge < -0.3 is 15.0 Å². The number of aryl methyl sites for hydroxylation is 1. The SMILES string of the molecule is CNC(C)c1cc(F)c(C)cc1N1C[C@@H](C)O[C@@H](C)C1. The zero-order valence-corrected chi connectivity index (χ0v) is 13.0. The van der Waals surface area contributed by atoms with Crippen LogP contribution in [0.15, 0.2) is 12.1 Å². The van der Waals surface area contributed by atoms with Crippen LogP contribution in [0, 0.1) is 12.7 Å². The van der Waals surface area contributed by atoms with Crippen molar-refractivity contribution in [2.75, 3.05) is 25.0 Å². The molecule has 0 aliphatic carbocycles. The third kappa shape index (κ3) is 3.13. The normalized spacial score (nSPS) is 24.8. The highest BCUT2D eigenvalue weighted by Gasteiger charge is 2.25. The number of anilines is 1. The summed E-state index contributed by atoms with van der Waals surface area (Å²) >= 11 is 0.